The van der Waals surface area contributed by atoms with Crippen LogP contribution in [-0.4, -0.2) is 19.9 Å². The number of nitrogens with zero attached hydrogens (tertiary/aromatic N) is 2. The van der Waals surface area contributed by atoms with Crippen LogP contribution < -0.4 is 5.32 Å². The lowest BCUT2D eigenvalue weighted by Crippen LogP contribution is -2.31. The molecule has 0 bridgehead atoms. The molecule has 1 atom stereocenters. The molecular formula is C20H33N3O2S. The third-order valence-corrected chi connectivity index (χ3v) is 6.94. The van der Waals surface area contributed by atoms with Gasteiger partial charge in [-0.3, -0.25) is 9.00 Å². The number of nitrogens with one attached hydrogen (secondary N) is 1. The SMILES string of the molecule is CCCCC1CCC(C(=O)Nc2c3c(nn2C(C)(C)C)C[S@@](=O)C3)CC1. The van der Waals surface area contributed by atoms with E-state index >= 15 is 0 Å². The number of anilines is 1. The molecule has 1 aliphatic carbocycles. The highest BCUT2D eigenvalue weighted by atomic mass is 32.2. The van der Waals surface area contributed by atoms with Crippen LogP contribution in [-0.2, 0) is 32.6 Å². The van der Waals surface area contributed by atoms with Crippen molar-refractivity contribution in [2.45, 2.75) is 89.7 Å². The van der Waals surface area contributed by atoms with E-state index in [-0.39, 0.29) is 17.4 Å². The van der Waals surface area contributed by atoms with E-state index < -0.39 is 10.8 Å². The molecule has 0 radical (unpaired) electrons. The number of hydrogen-bond acceptors (Lipinski definition) is 3. The van der Waals surface area contributed by atoms with Crippen molar-refractivity contribution >= 4 is 22.5 Å². The number of aromatic nitrogens is 2. The Morgan fingerprint density at radius 2 is 1.92 bits per heavy atom. The first-order valence-electron chi connectivity index (χ1n) is 10.1. The van der Waals surface area contributed by atoms with Gasteiger partial charge in [-0.25, -0.2) is 4.68 Å². The van der Waals surface area contributed by atoms with E-state index in [0.717, 1.165) is 35.8 Å². The minimum atomic E-state index is -0.888. The first-order valence-corrected chi connectivity index (χ1v) is 11.6. The highest BCUT2D eigenvalue weighted by molar-refractivity contribution is 7.83. The van der Waals surface area contributed by atoms with Gasteiger partial charge in [0, 0.05) is 22.3 Å². The molecule has 0 aromatic carbocycles. The molecule has 1 amide bonds. The Bertz CT molecular complexity index is 682. The van der Waals surface area contributed by atoms with Crippen LogP contribution in [0.4, 0.5) is 5.82 Å². The molecule has 5 nitrogen and oxygen atoms in total. The van der Waals surface area contributed by atoms with Crippen molar-refractivity contribution in [3.63, 3.8) is 0 Å². The van der Waals surface area contributed by atoms with Crippen molar-refractivity contribution in [3.05, 3.63) is 11.3 Å². The highest BCUT2D eigenvalue weighted by Crippen LogP contribution is 2.35. The number of amides is 1. The van der Waals surface area contributed by atoms with E-state index in [0.29, 0.717) is 11.5 Å². The van der Waals surface area contributed by atoms with Crippen molar-refractivity contribution < 1.29 is 9.00 Å². The molecule has 2 aliphatic rings. The van der Waals surface area contributed by atoms with E-state index in [4.69, 9.17) is 0 Å². The number of fused-ring (bicyclic) bond motifs is 1. The standard InChI is InChI=1S/C20H33N3O2S/c1-5-6-7-14-8-10-15(11-9-14)19(24)21-18-16-12-26(25)13-17(16)22-23(18)20(2,3)4/h14-15H,5-13H2,1-4H3,(H,21,24)/t14?,15?,26-/m0/s1. The summed E-state index contributed by atoms with van der Waals surface area (Å²) in [7, 11) is -0.888. The van der Waals surface area contributed by atoms with Gasteiger partial charge in [0.25, 0.3) is 0 Å². The largest absolute Gasteiger partial charge is 0.310 e. The lowest BCUT2D eigenvalue weighted by atomic mass is 9.79. The molecule has 1 N–H and O–H groups in total. The normalized spacial score (nSPS) is 25.9. The van der Waals surface area contributed by atoms with Crippen LogP contribution in [0.3, 0.4) is 0 Å². The Morgan fingerprint density at radius 3 is 2.54 bits per heavy atom. The van der Waals surface area contributed by atoms with Gasteiger partial charge >= 0.3 is 0 Å². The van der Waals surface area contributed by atoms with Crippen LogP contribution in [0.2, 0.25) is 0 Å². The Morgan fingerprint density at radius 1 is 1.23 bits per heavy atom. The van der Waals surface area contributed by atoms with Crippen molar-refractivity contribution in [2.24, 2.45) is 11.8 Å². The number of unbranched alkanes of at least 4 members (excludes halogenated alkanes) is 1. The molecule has 3 rings (SSSR count). The summed E-state index contributed by atoms with van der Waals surface area (Å²) in [6.07, 6.45) is 8.16. The molecule has 2 heterocycles. The second kappa shape index (κ2) is 7.83. The maximum absolute atomic E-state index is 12.9. The quantitative estimate of drug-likeness (QED) is 0.828. The minimum Gasteiger partial charge on any atom is -0.310 e. The number of rotatable bonds is 5. The van der Waals surface area contributed by atoms with Gasteiger partial charge in [-0.05, 0) is 52.4 Å². The summed E-state index contributed by atoms with van der Waals surface area (Å²) in [4.78, 5) is 12.9. The number of carbonyl (C=O) groups excluding carboxylic acids is 1. The van der Waals surface area contributed by atoms with Gasteiger partial charge in [0.15, 0.2) is 0 Å². The van der Waals surface area contributed by atoms with E-state index in [1.54, 1.807) is 0 Å². The van der Waals surface area contributed by atoms with E-state index in [9.17, 15) is 9.00 Å². The lowest BCUT2D eigenvalue weighted by Gasteiger charge is -2.29. The first kappa shape index (κ1) is 19.6. The molecule has 0 spiro atoms. The van der Waals surface area contributed by atoms with Gasteiger partial charge in [0.1, 0.15) is 5.82 Å². The highest BCUT2D eigenvalue weighted by Gasteiger charge is 2.33. The smallest absolute Gasteiger partial charge is 0.228 e. The predicted molar refractivity (Wildman–Crippen MR) is 106 cm³/mol. The summed E-state index contributed by atoms with van der Waals surface area (Å²) >= 11 is 0. The average Bonchev–Trinajstić information content (AvgIpc) is 3.10. The summed E-state index contributed by atoms with van der Waals surface area (Å²) in [5.74, 6) is 2.79. The monoisotopic (exact) mass is 379 g/mol. The minimum absolute atomic E-state index is 0.0961. The van der Waals surface area contributed by atoms with E-state index in [2.05, 4.69) is 38.1 Å². The van der Waals surface area contributed by atoms with Crippen LogP contribution in [0.1, 0.15) is 83.9 Å². The molecule has 1 saturated carbocycles. The van der Waals surface area contributed by atoms with Gasteiger partial charge in [0.05, 0.1) is 22.7 Å². The summed E-state index contributed by atoms with van der Waals surface area (Å²) in [6, 6.07) is 0. The van der Waals surface area contributed by atoms with Crippen molar-refractivity contribution in [3.8, 4) is 0 Å². The molecule has 26 heavy (non-hydrogen) atoms. The summed E-state index contributed by atoms with van der Waals surface area (Å²) < 4.78 is 13.8. The molecule has 146 valence electrons. The molecule has 1 aliphatic heterocycles. The zero-order valence-electron chi connectivity index (χ0n) is 16.6. The maximum Gasteiger partial charge on any atom is 0.228 e. The predicted octanol–water partition coefficient (Wildman–Crippen LogP) is 4.34. The van der Waals surface area contributed by atoms with Crippen molar-refractivity contribution in [1.82, 2.24) is 9.78 Å². The molecule has 1 aromatic heterocycles. The van der Waals surface area contributed by atoms with E-state index in [1.807, 2.05) is 4.68 Å². The molecule has 0 unspecified atom stereocenters. The summed E-state index contributed by atoms with van der Waals surface area (Å²) in [6.45, 7) is 8.49. The van der Waals surface area contributed by atoms with E-state index in [1.165, 1.54) is 32.1 Å². The zero-order valence-corrected chi connectivity index (χ0v) is 17.5. The van der Waals surface area contributed by atoms with Crippen LogP contribution in [0.15, 0.2) is 0 Å². The summed E-state index contributed by atoms with van der Waals surface area (Å²) in [5.41, 5.74) is 1.65. The van der Waals surface area contributed by atoms with Gasteiger partial charge in [-0.1, -0.05) is 26.2 Å². The molecule has 6 heteroatoms. The molecular weight excluding hydrogens is 346 g/mol. The lowest BCUT2D eigenvalue weighted by molar-refractivity contribution is -0.121. The average molecular weight is 380 g/mol. The third kappa shape index (κ3) is 4.21. The van der Waals surface area contributed by atoms with Crippen LogP contribution >= 0.6 is 0 Å². The topological polar surface area (TPSA) is 64.0 Å². The van der Waals surface area contributed by atoms with Crippen molar-refractivity contribution in [2.75, 3.05) is 5.32 Å². The van der Waals surface area contributed by atoms with Crippen LogP contribution in [0.5, 0.6) is 0 Å². The van der Waals surface area contributed by atoms with Crippen LogP contribution in [0.25, 0.3) is 0 Å². The fourth-order valence-corrected chi connectivity index (χ4v) is 5.43. The molecule has 1 fully saturated rings. The fourth-order valence-electron chi connectivity index (χ4n) is 4.17. The second-order valence-corrected chi connectivity index (χ2v) is 10.4. The van der Waals surface area contributed by atoms with Gasteiger partial charge in [-0.2, -0.15) is 5.10 Å². The van der Waals surface area contributed by atoms with Crippen molar-refractivity contribution in [1.29, 1.82) is 0 Å². The van der Waals surface area contributed by atoms with Gasteiger partial charge in [0.2, 0.25) is 5.91 Å². The summed E-state index contributed by atoms with van der Waals surface area (Å²) in [5, 5.41) is 7.84. The molecule has 0 saturated heterocycles. The Hall–Kier alpha value is -1.17. The number of hydrogen-bond donors (Lipinski definition) is 1. The number of carbonyl (C=O) groups is 1. The van der Waals surface area contributed by atoms with Crippen LogP contribution in [0, 0.1) is 11.8 Å². The Kier molecular flexibility index (Phi) is 5.90. The Balaban J connectivity index is 1.69. The second-order valence-electron chi connectivity index (χ2n) is 8.93. The molecule has 1 aromatic rings. The Labute approximate surface area is 159 Å². The first-order chi connectivity index (χ1) is 12.3. The maximum atomic E-state index is 12.9. The van der Waals surface area contributed by atoms with Gasteiger partial charge < -0.3 is 5.32 Å². The zero-order chi connectivity index (χ0) is 18.9. The van der Waals surface area contributed by atoms with Gasteiger partial charge in [-0.15, -0.1) is 0 Å². The third-order valence-electron chi connectivity index (χ3n) is 5.73. The fraction of sp³-hybridized carbons (Fsp3) is 0.800.